The third-order valence-electron chi connectivity index (χ3n) is 3.38. The molecule has 2 aromatic carbocycles. The van der Waals surface area contributed by atoms with E-state index >= 15 is 0 Å². The highest BCUT2D eigenvalue weighted by atomic mass is 16.5. The zero-order valence-corrected chi connectivity index (χ0v) is 14.5. The molecular formula is C19H23N3O3. The van der Waals surface area contributed by atoms with Crippen LogP contribution in [0.15, 0.2) is 59.6 Å². The predicted octanol–water partition coefficient (Wildman–Crippen LogP) is 3.09. The smallest absolute Gasteiger partial charge is 0.413 e. The number of rotatable bonds is 6. The van der Waals surface area contributed by atoms with E-state index in [0.29, 0.717) is 25.7 Å². The highest BCUT2D eigenvalue weighted by Crippen LogP contribution is 2.10. The first-order chi connectivity index (χ1) is 12.2. The first-order valence-corrected chi connectivity index (χ1v) is 8.10. The Balaban J connectivity index is 2.00. The van der Waals surface area contributed by atoms with Gasteiger partial charge >= 0.3 is 6.09 Å². The number of hydrogen-bond donors (Lipinski definition) is 2. The van der Waals surface area contributed by atoms with Crippen LogP contribution in [-0.2, 0) is 17.8 Å². The van der Waals surface area contributed by atoms with E-state index in [4.69, 9.17) is 9.47 Å². The minimum absolute atomic E-state index is 0.302. The molecule has 0 atom stereocenters. The van der Waals surface area contributed by atoms with Crippen molar-refractivity contribution in [3.05, 3.63) is 65.7 Å². The van der Waals surface area contributed by atoms with Crippen LogP contribution in [-0.4, -0.2) is 25.8 Å². The summed E-state index contributed by atoms with van der Waals surface area (Å²) in [6.07, 6.45) is -0.531. The van der Waals surface area contributed by atoms with Crippen molar-refractivity contribution in [2.75, 3.05) is 13.7 Å². The van der Waals surface area contributed by atoms with E-state index in [1.807, 2.05) is 54.6 Å². The Labute approximate surface area is 147 Å². The van der Waals surface area contributed by atoms with Crippen LogP contribution >= 0.6 is 0 Å². The lowest BCUT2D eigenvalue weighted by molar-refractivity contribution is 0.157. The largest absolute Gasteiger partial charge is 0.497 e. The Morgan fingerprint density at radius 1 is 1.04 bits per heavy atom. The first-order valence-electron chi connectivity index (χ1n) is 8.10. The molecule has 2 aromatic rings. The van der Waals surface area contributed by atoms with Crippen LogP contribution in [0.1, 0.15) is 18.1 Å². The normalized spacial score (nSPS) is 10.9. The Hall–Kier alpha value is -3.02. The number of carbonyl (C=O) groups is 1. The van der Waals surface area contributed by atoms with Crippen molar-refractivity contribution in [1.82, 2.24) is 10.6 Å². The molecule has 6 heteroatoms. The molecule has 0 aliphatic rings. The molecular weight excluding hydrogens is 318 g/mol. The molecule has 0 bridgehead atoms. The molecule has 0 saturated carbocycles. The van der Waals surface area contributed by atoms with E-state index in [-0.39, 0.29) is 0 Å². The number of aliphatic imine (C=N–C) groups is 1. The summed E-state index contributed by atoms with van der Waals surface area (Å²) in [7, 11) is 1.63. The first kappa shape index (κ1) is 18.3. The van der Waals surface area contributed by atoms with Crippen molar-refractivity contribution in [1.29, 1.82) is 0 Å². The molecule has 6 nitrogen and oxygen atoms in total. The molecule has 132 valence electrons. The lowest BCUT2D eigenvalue weighted by Gasteiger charge is -2.12. The van der Waals surface area contributed by atoms with E-state index in [1.54, 1.807) is 14.0 Å². The molecule has 0 unspecified atom stereocenters. The van der Waals surface area contributed by atoms with Gasteiger partial charge in [0.25, 0.3) is 0 Å². The van der Waals surface area contributed by atoms with Crippen LogP contribution in [0.2, 0.25) is 0 Å². The maximum absolute atomic E-state index is 11.7. The van der Waals surface area contributed by atoms with E-state index < -0.39 is 6.09 Å². The predicted molar refractivity (Wildman–Crippen MR) is 97.6 cm³/mol. The molecule has 0 aliphatic carbocycles. The number of hydrogen-bond acceptors (Lipinski definition) is 4. The molecule has 0 heterocycles. The van der Waals surface area contributed by atoms with Gasteiger partial charge < -0.3 is 14.8 Å². The fraction of sp³-hybridized carbons (Fsp3) is 0.263. The van der Waals surface area contributed by atoms with Gasteiger partial charge in [0, 0.05) is 6.54 Å². The third-order valence-corrected chi connectivity index (χ3v) is 3.38. The van der Waals surface area contributed by atoms with Gasteiger partial charge in [-0.25, -0.2) is 9.79 Å². The number of benzene rings is 2. The number of nitrogens with zero attached hydrogens (tertiary/aromatic N) is 1. The molecule has 25 heavy (non-hydrogen) atoms. The average molecular weight is 341 g/mol. The molecule has 0 spiro atoms. The van der Waals surface area contributed by atoms with Crippen molar-refractivity contribution >= 4 is 12.1 Å². The minimum atomic E-state index is -0.531. The van der Waals surface area contributed by atoms with Gasteiger partial charge in [0.05, 0.1) is 20.3 Å². The second-order valence-electron chi connectivity index (χ2n) is 5.20. The SMILES string of the molecule is CCOC(=O)NC(=NCc1ccccc1)NCc1ccc(OC)cc1. The van der Waals surface area contributed by atoms with Gasteiger partial charge in [0.15, 0.2) is 0 Å². The van der Waals surface area contributed by atoms with Gasteiger partial charge in [-0.3, -0.25) is 5.32 Å². The summed E-state index contributed by atoms with van der Waals surface area (Å²) in [6, 6.07) is 17.5. The fourth-order valence-corrected chi connectivity index (χ4v) is 2.09. The van der Waals surface area contributed by atoms with Crippen LogP contribution in [0.5, 0.6) is 5.75 Å². The van der Waals surface area contributed by atoms with Gasteiger partial charge in [-0.2, -0.15) is 0 Å². The van der Waals surface area contributed by atoms with Gasteiger partial charge in [0.2, 0.25) is 5.96 Å². The number of ether oxygens (including phenoxy) is 2. The summed E-state index contributed by atoms with van der Waals surface area (Å²) in [5, 5.41) is 5.76. The van der Waals surface area contributed by atoms with E-state index in [9.17, 15) is 4.79 Å². The standard InChI is InChI=1S/C19H23N3O3/c1-3-25-19(23)22-18(20-13-15-7-5-4-6-8-15)21-14-16-9-11-17(24-2)12-10-16/h4-12H,3,13-14H2,1-2H3,(H2,20,21,22,23). The van der Waals surface area contributed by atoms with Crippen LogP contribution in [0.4, 0.5) is 4.79 Å². The lowest BCUT2D eigenvalue weighted by atomic mass is 10.2. The summed E-state index contributed by atoms with van der Waals surface area (Å²) in [5.74, 6) is 1.17. The Bertz CT molecular complexity index is 685. The van der Waals surface area contributed by atoms with Crippen LogP contribution < -0.4 is 15.4 Å². The van der Waals surface area contributed by atoms with Crippen molar-refractivity contribution < 1.29 is 14.3 Å². The maximum Gasteiger partial charge on any atom is 0.413 e. The van der Waals surface area contributed by atoms with E-state index in [1.165, 1.54) is 0 Å². The van der Waals surface area contributed by atoms with Crippen molar-refractivity contribution in [3.8, 4) is 5.75 Å². The monoisotopic (exact) mass is 341 g/mol. The molecule has 0 fully saturated rings. The van der Waals surface area contributed by atoms with E-state index in [0.717, 1.165) is 16.9 Å². The second-order valence-corrected chi connectivity index (χ2v) is 5.20. The number of carbonyl (C=O) groups excluding carboxylic acids is 1. The number of alkyl carbamates (subject to hydrolysis) is 1. The van der Waals surface area contributed by atoms with Crippen molar-refractivity contribution in [2.45, 2.75) is 20.0 Å². The minimum Gasteiger partial charge on any atom is -0.497 e. The molecule has 2 rings (SSSR count). The van der Waals surface area contributed by atoms with Crippen molar-refractivity contribution in [3.63, 3.8) is 0 Å². The number of methoxy groups -OCH3 is 1. The van der Waals surface area contributed by atoms with Crippen molar-refractivity contribution in [2.24, 2.45) is 4.99 Å². The lowest BCUT2D eigenvalue weighted by Crippen LogP contribution is -2.41. The van der Waals surface area contributed by atoms with Gasteiger partial charge in [-0.05, 0) is 30.2 Å². The maximum atomic E-state index is 11.7. The van der Waals surface area contributed by atoms with Crippen LogP contribution in [0.3, 0.4) is 0 Å². The second kappa shape index (κ2) is 9.97. The Kier molecular flexibility index (Phi) is 7.31. The summed E-state index contributed by atoms with van der Waals surface area (Å²) in [6.45, 7) is 3.03. The summed E-state index contributed by atoms with van der Waals surface area (Å²) in [4.78, 5) is 16.1. The topological polar surface area (TPSA) is 72.0 Å². The van der Waals surface area contributed by atoms with Crippen LogP contribution in [0, 0.1) is 0 Å². The number of nitrogens with one attached hydrogen (secondary N) is 2. The number of amides is 1. The third kappa shape index (κ3) is 6.55. The zero-order chi connectivity index (χ0) is 17.9. The molecule has 0 aliphatic heterocycles. The molecule has 2 N–H and O–H groups in total. The van der Waals surface area contributed by atoms with Gasteiger partial charge in [-0.1, -0.05) is 42.5 Å². The fourth-order valence-electron chi connectivity index (χ4n) is 2.09. The summed E-state index contributed by atoms with van der Waals surface area (Å²) >= 11 is 0. The number of guanidine groups is 1. The molecule has 0 saturated heterocycles. The quantitative estimate of drug-likeness (QED) is 0.626. The Morgan fingerprint density at radius 3 is 2.40 bits per heavy atom. The molecule has 1 amide bonds. The Morgan fingerprint density at radius 2 is 1.76 bits per heavy atom. The van der Waals surface area contributed by atoms with E-state index in [2.05, 4.69) is 15.6 Å². The highest BCUT2D eigenvalue weighted by molar-refractivity contribution is 5.93. The molecule has 0 radical (unpaired) electrons. The van der Waals surface area contributed by atoms with Gasteiger partial charge in [-0.15, -0.1) is 0 Å². The highest BCUT2D eigenvalue weighted by Gasteiger charge is 2.06. The van der Waals surface area contributed by atoms with Gasteiger partial charge in [0.1, 0.15) is 5.75 Å². The zero-order valence-electron chi connectivity index (χ0n) is 14.5. The van der Waals surface area contributed by atoms with Crippen LogP contribution in [0.25, 0.3) is 0 Å². The summed E-state index contributed by atoms with van der Waals surface area (Å²) in [5.41, 5.74) is 2.09. The molecule has 0 aromatic heterocycles. The average Bonchev–Trinajstić information content (AvgIpc) is 2.65. The summed E-state index contributed by atoms with van der Waals surface area (Å²) < 4.78 is 10.1.